The molecule has 1 N–H and O–H groups in total. The van der Waals surface area contributed by atoms with Gasteiger partial charge < -0.3 is 9.88 Å². The number of rotatable bonds is 7. The monoisotopic (exact) mass is 600 g/mol. The Morgan fingerprint density at radius 3 is 2.68 bits per heavy atom. The van der Waals surface area contributed by atoms with E-state index in [2.05, 4.69) is 41.8 Å². The van der Waals surface area contributed by atoms with Crippen LogP contribution in [0.15, 0.2) is 63.4 Å². The van der Waals surface area contributed by atoms with Gasteiger partial charge in [0.25, 0.3) is 11.6 Å². The highest BCUT2D eigenvalue weighted by Gasteiger charge is 2.27. The van der Waals surface area contributed by atoms with E-state index in [1.807, 2.05) is 6.20 Å². The summed E-state index contributed by atoms with van der Waals surface area (Å²) in [5, 5.41) is 31.4. The first-order chi connectivity index (χ1) is 18.3. The molecule has 5 rings (SSSR count). The lowest BCUT2D eigenvalue weighted by atomic mass is 9.84. The number of nitro groups is 1. The highest BCUT2D eigenvalue weighted by Crippen LogP contribution is 2.35. The first-order valence-electron chi connectivity index (χ1n) is 11.8. The van der Waals surface area contributed by atoms with E-state index in [0.717, 1.165) is 43.1 Å². The molecule has 0 spiro atoms. The van der Waals surface area contributed by atoms with Crippen LogP contribution >= 0.6 is 27.7 Å². The molecule has 0 unspecified atom stereocenters. The van der Waals surface area contributed by atoms with Crippen molar-refractivity contribution < 1.29 is 14.1 Å². The van der Waals surface area contributed by atoms with Gasteiger partial charge >= 0.3 is 0 Å². The van der Waals surface area contributed by atoms with E-state index in [1.54, 1.807) is 34.5 Å². The summed E-state index contributed by atoms with van der Waals surface area (Å²) in [6.45, 7) is 0. The van der Waals surface area contributed by atoms with Crippen molar-refractivity contribution in [1.82, 2.24) is 35.1 Å². The molecule has 38 heavy (non-hydrogen) atoms. The minimum Gasteiger partial charge on any atom is -0.349 e. The molecule has 14 heteroatoms. The second-order valence-corrected chi connectivity index (χ2v) is 10.8. The number of benzene rings is 2. The Kier molecular flexibility index (Phi) is 7.51. The molecule has 1 saturated carbocycles. The van der Waals surface area contributed by atoms with E-state index in [1.165, 1.54) is 24.5 Å². The molecule has 0 atom stereocenters. The number of nitrogens with one attached hydrogen (secondary N) is 1. The predicted octanol–water partition coefficient (Wildman–Crippen LogP) is 4.81. The van der Waals surface area contributed by atoms with Gasteiger partial charge in [-0.1, -0.05) is 5.21 Å². The third-order valence-corrected chi connectivity index (χ3v) is 8.22. The molecular weight excluding hydrogens is 579 g/mol. The highest BCUT2D eigenvalue weighted by atomic mass is 79.9. The van der Waals surface area contributed by atoms with E-state index in [-0.39, 0.29) is 34.9 Å². The number of hydrogen-bond acceptors (Lipinski definition) is 8. The van der Waals surface area contributed by atoms with E-state index in [4.69, 9.17) is 0 Å². The van der Waals surface area contributed by atoms with Gasteiger partial charge in [0.2, 0.25) is 0 Å². The zero-order valence-electron chi connectivity index (χ0n) is 20.1. The van der Waals surface area contributed by atoms with E-state index < -0.39 is 4.92 Å². The van der Waals surface area contributed by atoms with Crippen LogP contribution in [0.5, 0.6) is 0 Å². The number of nitrogens with zero attached hydrogens (tertiary/aromatic N) is 7. The van der Waals surface area contributed by atoms with E-state index in [0.29, 0.717) is 20.2 Å². The van der Waals surface area contributed by atoms with Crippen LogP contribution in [0.3, 0.4) is 0 Å². The lowest BCUT2D eigenvalue weighted by molar-refractivity contribution is -0.387. The lowest BCUT2D eigenvalue weighted by Gasteiger charge is -2.28. The van der Waals surface area contributed by atoms with Crippen molar-refractivity contribution in [3.05, 3.63) is 80.6 Å². The van der Waals surface area contributed by atoms with Crippen molar-refractivity contribution in [2.45, 2.75) is 47.7 Å². The van der Waals surface area contributed by atoms with Gasteiger partial charge in [0.15, 0.2) is 5.16 Å². The van der Waals surface area contributed by atoms with Crippen LogP contribution in [0.4, 0.5) is 10.1 Å². The second-order valence-electron chi connectivity index (χ2n) is 8.97. The maximum Gasteiger partial charge on any atom is 0.284 e. The zero-order chi connectivity index (χ0) is 26.8. The highest BCUT2D eigenvalue weighted by molar-refractivity contribution is 9.10. The average molecular weight is 601 g/mol. The standard InChI is InChI=1S/C24H22BrFN8O3S/c1-32-13-27-30-24(32)38-22-9-4-15(10-21(22)34(36)37)23(35)28-17-6-2-14(3-7-17)19-12-33(31-29-19)20-11-16(26)5-8-18(20)25/h4-5,8-14,17H,2-3,6-7H2,1H3,(H,28,35). The predicted molar refractivity (Wildman–Crippen MR) is 140 cm³/mol. The van der Waals surface area contributed by atoms with Gasteiger partial charge in [-0.2, -0.15) is 0 Å². The molecule has 0 aliphatic heterocycles. The lowest BCUT2D eigenvalue weighted by Crippen LogP contribution is -2.37. The minimum atomic E-state index is -0.504. The van der Waals surface area contributed by atoms with Crippen LogP contribution in [-0.2, 0) is 7.05 Å². The fourth-order valence-corrected chi connectivity index (χ4v) is 5.67. The molecule has 0 saturated heterocycles. The third-order valence-electron chi connectivity index (χ3n) is 6.44. The van der Waals surface area contributed by atoms with Crippen molar-refractivity contribution in [1.29, 1.82) is 0 Å². The molecule has 1 fully saturated rings. The number of nitro benzene ring substituents is 1. The number of amides is 1. The largest absolute Gasteiger partial charge is 0.349 e. The van der Waals surface area contributed by atoms with Crippen LogP contribution in [-0.4, -0.2) is 46.6 Å². The van der Waals surface area contributed by atoms with Crippen LogP contribution < -0.4 is 5.32 Å². The van der Waals surface area contributed by atoms with E-state index >= 15 is 0 Å². The summed E-state index contributed by atoms with van der Waals surface area (Å²) in [6.07, 6.45) is 6.37. The summed E-state index contributed by atoms with van der Waals surface area (Å²) in [5.74, 6) is -0.545. The van der Waals surface area contributed by atoms with Gasteiger partial charge in [-0.3, -0.25) is 14.9 Å². The molecular formula is C24H22BrFN8O3S. The molecule has 2 aromatic heterocycles. The quantitative estimate of drug-likeness (QED) is 0.236. The van der Waals surface area contributed by atoms with Gasteiger partial charge in [0.1, 0.15) is 12.1 Å². The smallest absolute Gasteiger partial charge is 0.284 e. The molecule has 4 aromatic rings. The molecule has 2 heterocycles. The number of aryl methyl sites for hydroxylation is 1. The molecule has 11 nitrogen and oxygen atoms in total. The molecule has 1 aliphatic carbocycles. The molecule has 196 valence electrons. The number of halogens is 2. The van der Waals surface area contributed by atoms with Crippen LogP contribution in [0, 0.1) is 15.9 Å². The minimum absolute atomic E-state index is 0.0575. The Hall–Kier alpha value is -3.65. The SMILES string of the molecule is Cn1cnnc1Sc1ccc(C(=O)NC2CCC(c3cn(-c4cc(F)ccc4Br)nn3)CC2)cc1[N+](=O)[O-]. The van der Waals surface area contributed by atoms with Gasteiger partial charge in [0.05, 0.1) is 27.4 Å². The zero-order valence-corrected chi connectivity index (χ0v) is 22.5. The molecule has 0 bridgehead atoms. The van der Waals surface area contributed by atoms with Crippen LogP contribution in [0.1, 0.15) is 47.7 Å². The van der Waals surface area contributed by atoms with Crippen molar-refractivity contribution in [2.24, 2.45) is 7.05 Å². The van der Waals surface area contributed by atoms with Gasteiger partial charge in [0, 0.05) is 41.2 Å². The Morgan fingerprint density at radius 1 is 1.18 bits per heavy atom. The summed E-state index contributed by atoms with van der Waals surface area (Å²) in [4.78, 5) is 24.5. The Balaban J connectivity index is 1.21. The Bertz CT molecular complexity index is 1500. The molecule has 1 aliphatic rings. The summed E-state index contributed by atoms with van der Waals surface area (Å²) in [5.41, 5.74) is 1.45. The number of hydrogen-bond donors (Lipinski definition) is 1. The van der Waals surface area contributed by atoms with Crippen LogP contribution in [0.2, 0.25) is 0 Å². The first kappa shape index (κ1) is 26.0. The van der Waals surface area contributed by atoms with E-state index in [9.17, 15) is 19.3 Å². The third kappa shape index (κ3) is 5.60. The fraction of sp³-hybridized carbons (Fsp3) is 0.292. The van der Waals surface area contributed by atoms with Crippen LogP contribution in [0.25, 0.3) is 5.69 Å². The fourth-order valence-electron chi connectivity index (χ4n) is 4.40. The maximum atomic E-state index is 13.7. The van der Waals surface area contributed by atoms with Gasteiger partial charge in [-0.05, 0) is 77.6 Å². The Morgan fingerprint density at radius 2 is 1.97 bits per heavy atom. The van der Waals surface area contributed by atoms with Crippen molar-refractivity contribution in [2.75, 3.05) is 0 Å². The molecule has 1 amide bonds. The molecule has 0 radical (unpaired) electrons. The average Bonchev–Trinajstić information content (AvgIpc) is 3.55. The van der Waals surface area contributed by atoms with Gasteiger partial charge in [-0.15, -0.1) is 15.3 Å². The first-order valence-corrected chi connectivity index (χ1v) is 13.4. The number of carbonyl (C=O) groups is 1. The Labute approximate surface area is 229 Å². The summed E-state index contributed by atoms with van der Waals surface area (Å²) in [6, 6.07) is 8.76. The topological polar surface area (TPSA) is 134 Å². The van der Waals surface area contributed by atoms with Crippen molar-refractivity contribution in [3.8, 4) is 5.69 Å². The summed E-state index contributed by atoms with van der Waals surface area (Å²) >= 11 is 4.53. The summed E-state index contributed by atoms with van der Waals surface area (Å²) < 4.78 is 17.6. The summed E-state index contributed by atoms with van der Waals surface area (Å²) in [7, 11) is 1.75. The molecule has 2 aromatic carbocycles. The number of carbonyl (C=O) groups excluding carboxylic acids is 1. The maximum absolute atomic E-state index is 13.7. The van der Waals surface area contributed by atoms with Crippen molar-refractivity contribution in [3.63, 3.8) is 0 Å². The van der Waals surface area contributed by atoms with Gasteiger partial charge in [-0.25, -0.2) is 9.07 Å². The normalized spacial score (nSPS) is 17.3. The number of aromatic nitrogens is 6. The van der Waals surface area contributed by atoms with Crippen molar-refractivity contribution >= 4 is 39.3 Å². The second kappa shape index (κ2) is 11.0.